The molecular weight excluding hydrogens is 316 g/mol. The van der Waals surface area contributed by atoms with Crippen molar-refractivity contribution in [2.45, 2.75) is 51.8 Å². The second-order valence-corrected chi connectivity index (χ2v) is 7.01. The van der Waals surface area contributed by atoms with Crippen molar-refractivity contribution in [3.8, 4) is 0 Å². The largest absolute Gasteiger partial charge is 0.467 e. The average Bonchev–Trinajstić information content (AvgIpc) is 3.08. The summed E-state index contributed by atoms with van der Waals surface area (Å²) in [7, 11) is 0. The summed E-state index contributed by atoms with van der Waals surface area (Å²) in [6.07, 6.45) is 2.13. The maximum absolute atomic E-state index is 11.9. The zero-order chi connectivity index (χ0) is 18.3. The smallest absolute Gasteiger partial charge is 0.407 e. The Morgan fingerprint density at radius 3 is 2.44 bits per heavy atom. The molecule has 2 atom stereocenters. The number of hydrogen-bond donors (Lipinski definition) is 2. The van der Waals surface area contributed by atoms with Crippen LogP contribution >= 0.6 is 0 Å². The van der Waals surface area contributed by atoms with Crippen molar-refractivity contribution < 1.29 is 13.9 Å². The van der Waals surface area contributed by atoms with E-state index < -0.39 is 11.7 Å². The van der Waals surface area contributed by atoms with Crippen LogP contribution in [-0.4, -0.2) is 24.3 Å². The molecule has 0 spiro atoms. The third-order valence-electron chi connectivity index (χ3n) is 3.75. The van der Waals surface area contributed by atoms with Crippen LogP contribution in [0.1, 0.15) is 51.5 Å². The molecule has 1 aromatic heterocycles. The van der Waals surface area contributed by atoms with Crippen LogP contribution in [0, 0.1) is 0 Å². The number of ether oxygens (including phenoxy) is 1. The predicted octanol–water partition coefficient (Wildman–Crippen LogP) is 4.26. The fourth-order valence-corrected chi connectivity index (χ4v) is 2.52. The first kappa shape index (κ1) is 19.1. The second-order valence-electron chi connectivity index (χ2n) is 7.01. The van der Waals surface area contributed by atoms with Gasteiger partial charge in [0.15, 0.2) is 0 Å². The van der Waals surface area contributed by atoms with Crippen LogP contribution in [0.5, 0.6) is 0 Å². The number of nitrogens with one attached hydrogen (secondary N) is 2. The lowest BCUT2D eigenvalue weighted by Crippen LogP contribution is -2.43. The SMILES string of the molecule is CCC(CNC(=O)OC(C)(C)C)NC(c1ccccc1)c1ccco1. The highest BCUT2D eigenvalue weighted by Crippen LogP contribution is 2.23. The first-order valence-electron chi connectivity index (χ1n) is 8.70. The third-order valence-corrected chi connectivity index (χ3v) is 3.75. The molecular formula is C20H28N2O3. The molecule has 2 unspecified atom stereocenters. The number of furan rings is 1. The van der Waals surface area contributed by atoms with E-state index in [-0.39, 0.29) is 12.1 Å². The van der Waals surface area contributed by atoms with E-state index in [1.54, 1.807) is 6.26 Å². The molecule has 0 fully saturated rings. The van der Waals surface area contributed by atoms with E-state index in [1.165, 1.54) is 0 Å². The van der Waals surface area contributed by atoms with Gasteiger partial charge in [-0.25, -0.2) is 4.79 Å². The highest BCUT2D eigenvalue weighted by molar-refractivity contribution is 5.67. The van der Waals surface area contributed by atoms with Gasteiger partial charge in [-0.1, -0.05) is 37.3 Å². The molecule has 136 valence electrons. The zero-order valence-corrected chi connectivity index (χ0v) is 15.4. The summed E-state index contributed by atoms with van der Waals surface area (Å²) in [5, 5.41) is 6.41. The van der Waals surface area contributed by atoms with Crippen molar-refractivity contribution in [3.05, 3.63) is 60.1 Å². The van der Waals surface area contributed by atoms with Gasteiger partial charge in [0.05, 0.1) is 12.3 Å². The molecule has 25 heavy (non-hydrogen) atoms. The molecule has 0 radical (unpaired) electrons. The molecule has 1 aromatic carbocycles. The topological polar surface area (TPSA) is 63.5 Å². The molecule has 1 amide bonds. The normalized spacial score (nSPS) is 13.9. The van der Waals surface area contributed by atoms with E-state index in [2.05, 4.69) is 29.7 Å². The number of rotatable bonds is 7. The Morgan fingerprint density at radius 1 is 1.16 bits per heavy atom. The lowest BCUT2D eigenvalue weighted by atomic mass is 10.0. The molecule has 0 aliphatic carbocycles. The van der Waals surface area contributed by atoms with Crippen LogP contribution in [0.15, 0.2) is 53.1 Å². The number of hydrogen-bond acceptors (Lipinski definition) is 4. The van der Waals surface area contributed by atoms with Gasteiger partial charge in [0.1, 0.15) is 11.4 Å². The molecule has 5 heteroatoms. The minimum absolute atomic E-state index is 0.0680. The van der Waals surface area contributed by atoms with Crippen LogP contribution < -0.4 is 10.6 Å². The van der Waals surface area contributed by atoms with Gasteiger partial charge in [-0.05, 0) is 44.9 Å². The molecule has 1 heterocycles. The summed E-state index contributed by atoms with van der Waals surface area (Å²) in [5.74, 6) is 0.849. The van der Waals surface area contributed by atoms with Crippen LogP contribution in [-0.2, 0) is 4.74 Å². The molecule has 0 aliphatic heterocycles. The first-order chi connectivity index (χ1) is 11.9. The highest BCUT2D eigenvalue weighted by atomic mass is 16.6. The van der Waals surface area contributed by atoms with Crippen LogP contribution in [0.25, 0.3) is 0 Å². The summed E-state index contributed by atoms with van der Waals surface area (Å²) in [6, 6.07) is 14.0. The number of carbonyl (C=O) groups is 1. The van der Waals surface area contributed by atoms with Crippen molar-refractivity contribution in [1.29, 1.82) is 0 Å². The molecule has 0 aliphatic rings. The second kappa shape index (κ2) is 8.72. The van der Waals surface area contributed by atoms with Gasteiger partial charge in [0, 0.05) is 12.6 Å². The van der Waals surface area contributed by atoms with Gasteiger partial charge < -0.3 is 14.5 Å². The molecule has 2 N–H and O–H groups in total. The summed E-state index contributed by atoms with van der Waals surface area (Å²) in [5.41, 5.74) is 0.619. The van der Waals surface area contributed by atoms with Gasteiger partial charge in [-0.15, -0.1) is 0 Å². The van der Waals surface area contributed by atoms with E-state index in [0.29, 0.717) is 6.54 Å². The van der Waals surface area contributed by atoms with E-state index in [4.69, 9.17) is 9.15 Å². The van der Waals surface area contributed by atoms with E-state index in [1.807, 2.05) is 51.1 Å². The minimum atomic E-state index is -0.500. The Balaban J connectivity index is 2.02. The standard InChI is InChI=1S/C20H28N2O3/c1-5-16(14-21-19(23)25-20(2,3)4)22-18(17-12-9-13-24-17)15-10-7-6-8-11-15/h6-13,16,18,22H,5,14H2,1-4H3,(H,21,23). The Bertz CT molecular complexity index is 633. The van der Waals surface area contributed by atoms with E-state index in [9.17, 15) is 4.79 Å². The Hall–Kier alpha value is -2.27. The number of benzene rings is 1. The van der Waals surface area contributed by atoms with Gasteiger partial charge in [-0.3, -0.25) is 5.32 Å². The summed E-state index contributed by atoms with van der Waals surface area (Å²) >= 11 is 0. The molecule has 0 saturated heterocycles. The maximum atomic E-state index is 11.9. The number of carbonyl (C=O) groups excluding carboxylic acids is 1. The van der Waals surface area contributed by atoms with Gasteiger partial charge in [0.25, 0.3) is 0 Å². The van der Waals surface area contributed by atoms with Gasteiger partial charge >= 0.3 is 6.09 Å². The van der Waals surface area contributed by atoms with Crippen molar-refractivity contribution >= 4 is 6.09 Å². The highest BCUT2D eigenvalue weighted by Gasteiger charge is 2.21. The van der Waals surface area contributed by atoms with Gasteiger partial charge in [0.2, 0.25) is 0 Å². The summed E-state index contributed by atoms with van der Waals surface area (Å²) in [4.78, 5) is 11.9. The Kier molecular flexibility index (Phi) is 6.65. The van der Waals surface area contributed by atoms with Crippen molar-refractivity contribution in [3.63, 3.8) is 0 Å². The summed E-state index contributed by atoms with van der Waals surface area (Å²) in [6.45, 7) is 8.12. The van der Waals surface area contributed by atoms with E-state index in [0.717, 1.165) is 17.7 Å². The Morgan fingerprint density at radius 2 is 1.88 bits per heavy atom. The van der Waals surface area contributed by atoms with Crippen molar-refractivity contribution in [2.24, 2.45) is 0 Å². The molecule has 2 rings (SSSR count). The fraction of sp³-hybridized carbons (Fsp3) is 0.450. The Labute approximate surface area is 149 Å². The lowest BCUT2D eigenvalue weighted by molar-refractivity contribution is 0.0521. The summed E-state index contributed by atoms with van der Waals surface area (Å²) < 4.78 is 10.9. The molecule has 0 bridgehead atoms. The minimum Gasteiger partial charge on any atom is -0.467 e. The van der Waals surface area contributed by atoms with E-state index >= 15 is 0 Å². The quantitative estimate of drug-likeness (QED) is 0.788. The molecule has 2 aromatic rings. The molecule has 5 nitrogen and oxygen atoms in total. The van der Waals surface area contributed by atoms with Gasteiger partial charge in [-0.2, -0.15) is 0 Å². The van der Waals surface area contributed by atoms with Crippen LogP contribution in [0.3, 0.4) is 0 Å². The number of alkyl carbamates (subject to hydrolysis) is 1. The number of amides is 1. The first-order valence-corrected chi connectivity index (χ1v) is 8.70. The van der Waals surface area contributed by atoms with Crippen LogP contribution in [0.2, 0.25) is 0 Å². The predicted molar refractivity (Wildman–Crippen MR) is 98.4 cm³/mol. The average molecular weight is 344 g/mol. The molecule has 0 saturated carbocycles. The van der Waals surface area contributed by atoms with Crippen molar-refractivity contribution in [2.75, 3.05) is 6.54 Å². The fourth-order valence-electron chi connectivity index (χ4n) is 2.52. The van der Waals surface area contributed by atoms with Crippen molar-refractivity contribution in [1.82, 2.24) is 10.6 Å². The van der Waals surface area contributed by atoms with Crippen LogP contribution in [0.4, 0.5) is 4.79 Å². The monoisotopic (exact) mass is 344 g/mol. The maximum Gasteiger partial charge on any atom is 0.407 e. The lowest BCUT2D eigenvalue weighted by Gasteiger charge is -2.25. The third kappa shape index (κ3) is 6.27. The zero-order valence-electron chi connectivity index (χ0n) is 15.4.